The first-order chi connectivity index (χ1) is 11.1. The van der Waals surface area contributed by atoms with E-state index in [4.69, 9.17) is 11.6 Å². The molecule has 1 atom stereocenters. The van der Waals surface area contributed by atoms with E-state index in [0.717, 1.165) is 37.2 Å². The number of likely N-dealkylation sites (tertiary alicyclic amines) is 1. The minimum Gasteiger partial charge on any atom is -0.342 e. The van der Waals surface area contributed by atoms with Gasteiger partial charge in [-0.2, -0.15) is 0 Å². The molecule has 1 aromatic rings. The molecular weight excluding hydrogens is 312 g/mol. The standard InChI is InChI=1S/C18H23ClN2O2/c1-13-6-7-15(11-16(13)19)21-12-14(10-17(21)22)18(23)20-8-4-2-3-5-9-20/h6-7,11,14H,2-5,8-10,12H2,1H3/t14-/m1/s1. The first-order valence-electron chi connectivity index (χ1n) is 8.41. The van der Waals surface area contributed by atoms with E-state index in [2.05, 4.69) is 0 Å². The van der Waals surface area contributed by atoms with Gasteiger partial charge in [0.2, 0.25) is 11.8 Å². The number of carbonyl (C=O) groups excluding carboxylic acids is 2. The van der Waals surface area contributed by atoms with Gasteiger partial charge in [0.25, 0.3) is 0 Å². The fraction of sp³-hybridized carbons (Fsp3) is 0.556. The highest BCUT2D eigenvalue weighted by molar-refractivity contribution is 6.31. The quantitative estimate of drug-likeness (QED) is 0.831. The van der Waals surface area contributed by atoms with Crippen LogP contribution in [0.1, 0.15) is 37.7 Å². The van der Waals surface area contributed by atoms with Gasteiger partial charge in [-0.25, -0.2) is 0 Å². The summed E-state index contributed by atoms with van der Waals surface area (Å²) in [5.41, 5.74) is 1.77. The average molecular weight is 335 g/mol. The summed E-state index contributed by atoms with van der Waals surface area (Å²) in [5.74, 6) is -0.0697. The molecule has 0 N–H and O–H groups in total. The van der Waals surface area contributed by atoms with Crippen LogP contribution in [0, 0.1) is 12.8 Å². The van der Waals surface area contributed by atoms with Crippen molar-refractivity contribution in [3.8, 4) is 0 Å². The minimum absolute atomic E-state index is 0.0121. The summed E-state index contributed by atoms with van der Waals surface area (Å²) in [6.45, 7) is 4.07. The zero-order valence-electron chi connectivity index (χ0n) is 13.6. The number of hydrogen-bond acceptors (Lipinski definition) is 2. The van der Waals surface area contributed by atoms with Crippen molar-refractivity contribution in [1.29, 1.82) is 0 Å². The largest absolute Gasteiger partial charge is 0.342 e. The lowest BCUT2D eigenvalue weighted by atomic mass is 10.1. The van der Waals surface area contributed by atoms with Crippen molar-refractivity contribution in [3.05, 3.63) is 28.8 Å². The minimum atomic E-state index is -0.222. The van der Waals surface area contributed by atoms with E-state index in [-0.39, 0.29) is 17.7 Å². The molecule has 4 nitrogen and oxygen atoms in total. The van der Waals surface area contributed by atoms with E-state index in [1.54, 1.807) is 4.90 Å². The molecule has 23 heavy (non-hydrogen) atoms. The Balaban J connectivity index is 1.71. The highest BCUT2D eigenvalue weighted by atomic mass is 35.5. The van der Waals surface area contributed by atoms with Gasteiger partial charge in [0.15, 0.2) is 0 Å². The van der Waals surface area contributed by atoms with Crippen LogP contribution in [0.3, 0.4) is 0 Å². The Morgan fingerprint density at radius 3 is 2.52 bits per heavy atom. The van der Waals surface area contributed by atoms with E-state index >= 15 is 0 Å². The van der Waals surface area contributed by atoms with Gasteiger partial charge in [0.1, 0.15) is 0 Å². The Bertz CT molecular complexity index is 609. The van der Waals surface area contributed by atoms with E-state index in [1.807, 2.05) is 30.0 Å². The zero-order chi connectivity index (χ0) is 16.4. The highest BCUT2D eigenvalue weighted by Crippen LogP contribution is 2.30. The number of aryl methyl sites for hydroxylation is 1. The predicted molar refractivity (Wildman–Crippen MR) is 91.7 cm³/mol. The summed E-state index contributed by atoms with van der Waals surface area (Å²) in [7, 11) is 0. The molecule has 2 saturated heterocycles. The van der Waals surface area contributed by atoms with Gasteiger partial charge >= 0.3 is 0 Å². The highest BCUT2D eigenvalue weighted by Gasteiger charge is 2.37. The first-order valence-corrected chi connectivity index (χ1v) is 8.79. The van der Waals surface area contributed by atoms with Gasteiger partial charge < -0.3 is 9.80 Å². The Morgan fingerprint density at radius 2 is 1.87 bits per heavy atom. The molecule has 0 aromatic heterocycles. The van der Waals surface area contributed by atoms with Crippen LogP contribution in [0.2, 0.25) is 5.02 Å². The summed E-state index contributed by atoms with van der Waals surface area (Å²) in [6, 6.07) is 5.63. The molecule has 2 aliphatic heterocycles. The maximum absolute atomic E-state index is 12.7. The number of amides is 2. The lowest BCUT2D eigenvalue weighted by molar-refractivity contribution is -0.135. The summed E-state index contributed by atoms with van der Waals surface area (Å²) in [5, 5.41) is 0.651. The number of benzene rings is 1. The van der Waals surface area contributed by atoms with Crippen molar-refractivity contribution < 1.29 is 9.59 Å². The number of rotatable bonds is 2. The maximum atomic E-state index is 12.7. The molecule has 1 aromatic carbocycles. The molecule has 0 saturated carbocycles. The third-order valence-corrected chi connectivity index (χ3v) is 5.27. The normalized spacial score (nSPS) is 22.3. The number of anilines is 1. The summed E-state index contributed by atoms with van der Waals surface area (Å²) >= 11 is 6.17. The Labute approximate surface area is 142 Å². The van der Waals surface area contributed by atoms with Crippen molar-refractivity contribution in [2.75, 3.05) is 24.5 Å². The van der Waals surface area contributed by atoms with E-state index < -0.39 is 0 Å². The lowest BCUT2D eigenvalue weighted by Crippen LogP contribution is -2.38. The SMILES string of the molecule is Cc1ccc(N2C[C@H](C(=O)N3CCCCCC3)CC2=O)cc1Cl. The first kappa shape index (κ1) is 16.3. The summed E-state index contributed by atoms with van der Waals surface area (Å²) in [6.07, 6.45) is 4.84. The van der Waals surface area contributed by atoms with E-state index in [1.165, 1.54) is 12.8 Å². The third kappa shape index (κ3) is 3.52. The van der Waals surface area contributed by atoms with Gasteiger partial charge in [-0.05, 0) is 37.5 Å². The second-order valence-corrected chi connectivity index (χ2v) is 6.99. The topological polar surface area (TPSA) is 40.6 Å². The van der Waals surface area contributed by atoms with Crippen LogP contribution in [-0.4, -0.2) is 36.3 Å². The predicted octanol–water partition coefficient (Wildman–Crippen LogP) is 3.40. The fourth-order valence-electron chi connectivity index (χ4n) is 3.42. The summed E-state index contributed by atoms with van der Waals surface area (Å²) < 4.78 is 0. The Morgan fingerprint density at radius 1 is 1.17 bits per heavy atom. The molecule has 0 spiro atoms. The molecule has 0 radical (unpaired) electrons. The van der Waals surface area contributed by atoms with E-state index in [0.29, 0.717) is 18.0 Å². The molecule has 2 fully saturated rings. The molecule has 0 aliphatic carbocycles. The van der Waals surface area contributed by atoms with Gasteiger partial charge in [0, 0.05) is 36.8 Å². The number of carbonyl (C=O) groups is 2. The van der Waals surface area contributed by atoms with Gasteiger partial charge in [-0.15, -0.1) is 0 Å². The molecule has 124 valence electrons. The van der Waals surface area contributed by atoms with Crippen LogP contribution in [-0.2, 0) is 9.59 Å². The monoisotopic (exact) mass is 334 g/mol. The molecule has 2 heterocycles. The number of halogens is 1. The number of hydrogen-bond donors (Lipinski definition) is 0. The van der Waals surface area contributed by atoms with Gasteiger partial charge in [0.05, 0.1) is 5.92 Å². The molecule has 2 amide bonds. The molecule has 3 rings (SSSR count). The molecule has 2 aliphatic rings. The summed E-state index contributed by atoms with van der Waals surface area (Å²) in [4.78, 5) is 28.7. The van der Waals surface area contributed by atoms with Crippen LogP contribution >= 0.6 is 11.6 Å². The Hall–Kier alpha value is -1.55. The molecular formula is C18H23ClN2O2. The van der Waals surface area contributed by atoms with Crippen molar-refractivity contribution >= 4 is 29.1 Å². The lowest BCUT2D eigenvalue weighted by Gasteiger charge is -2.24. The van der Waals surface area contributed by atoms with Crippen molar-refractivity contribution in [2.45, 2.75) is 39.0 Å². The third-order valence-electron chi connectivity index (χ3n) is 4.86. The van der Waals surface area contributed by atoms with Gasteiger partial charge in [-0.3, -0.25) is 9.59 Å². The number of nitrogens with zero attached hydrogens (tertiary/aromatic N) is 2. The van der Waals surface area contributed by atoms with Crippen molar-refractivity contribution in [3.63, 3.8) is 0 Å². The second kappa shape index (κ2) is 6.91. The maximum Gasteiger partial charge on any atom is 0.228 e. The molecule has 5 heteroatoms. The molecule has 0 unspecified atom stereocenters. The van der Waals surface area contributed by atoms with Crippen LogP contribution in [0.25, 0.3) is 0 Å². The zero-order valence-corrected chi connectivity index (χ0v) is 14.3. The van der Waals surface area contributed by atoms with Crippen LogP contribution in [0.5, 0.6) is 0 Å². The van der Waals surface area contributed by atoms with Crippen LogP contribution in [0.4, 0.5) is 5.69 Å². The van der Waals surface area contributed by atoms with Crippen molar-refractivity contribution in [2.24, 2.45) is 5.92 Å². The van der Waals surface area contributed by atoms with E-state index in [9.17, 15) is 9.59 Å². The fourth-order valence-corrected chi connectivity index (χ4v) is 3.60. The smallest absolute Gasteiger partial charge is 0.228 e. The van der Waals surface area contributed by atoms with Gasteiger partial charge in [-0.1, -0.05) is 30.5 Å². The van der Waals surface area contributed by atoms with Crippen LogP contribution in [0.15, 0.2) is 18.2 Å². The second-order valence-electron chi connectivity index (χ2n) is 6.58. The van der Waals surface area contributed by atoms with Crippen LogP contribution < -0.4 is 4.90 Å². The Kier molecular flexibility index (Phi) is 4.90. The molecule has 0 bridgehead atoms. The van der Waals surface area contributed by atoms with Crippen molar-refractivity contribution in [1.82, 2.24) is 4.90 Å². The average Bonchev–Trinajstić information content (AvgIpc) is 2.75.